The first-order valence-electron chi connectivity index (χ1n) is 6.80. The van der Waals surface area contributed by atoms with Crippen molar-refractivity contribution < 1.29 is 14.7 Å². The molecule has 0 aromatic rings. The highest BCUT2D eigenvalue weighted by molar-refractivity contribution is 5.87. The summed E-state index contributed by atoms with van der Waals surface area (Å²) >= 11 is 0. The van der Waals surface area contributed by atoms with E-state index in [9.17, 15) is 9.59 Å². The van der Waals surface area contributed by atoms with Crippen LogP contribution in [0.2, 0.25) is 0 Å². The van der Waals surface area contributed by atoms with Crippen LogP contribution in [0.4, 0.5) is 4.79 Å². The number of primary amides is 1. The third-order valence-electron chi connectivity index (χ3n) is 3.37. The molecular weight excluding hydrogens is 246 g/mol. The lowest BCUT2D eigenvalue weighted by molar-refractivity contribution is -0.125. The summed E-state index contributed by atoms with van der Waals surface area (Å²) in [5, 5.41) is 14.3. The lowest BCUT2D eigenvalue weighted by Gasteiger charge is -2.27. The fourth-order valence-corrected chi connectivity index (χ4v) is 1.84. The number of nitrogens with two attached hydrogens (primary N) is 1. The second-order valence-electron chi connectivity index (χ2n) is 5.24. The van der Waals surface area contributed by atoms with E-state index in [4.69, 9.17) is 10.8 Å². The lowest BCUT2D eigenvalue weighted by atomic mass is 9.96. The summed E-state index contributed by atoms with van der Waals surface area (Å²) in [5.41, 5.74) is 5.10. The average Bonchev–Trinajstić information content (AvgIpc) is 2.33. The van der Waals surface area contributed by atoms with Crippen molar-refractivity contribution in [1.29, 1.82) is 0 Å². The quantitative estimate of drug-likeness (QED) is 0.520. The zero-order valence-corrected chi connectivity index (χ0v) is 12.3. The van der Waals surface area contributed by atoms with Gasteiger partial charge in [-0.2, -0.15) is 0 Å². The van der Waals surface area contributed by atoms with E-state index in [0.717, 1.165) is 6.42 Å². The number of aliphatic hydroxyl groups excluding tert-OH is 1. The van der Waals surface area contributed by atoms with Gasteiger partial charge in [-0.1, -0.05) is 34.1 Å². The van der Waals surface area contributed by atoms with E-state index < -0.39 is 12.1 Å². The number of amides is 3. The third-order valence-corrected chi connectivity index (χ3v) is 3.37. The van der Waals surface area contributed by atoms with E-state index in [1.807, 2.05) is 27.7 Å². The maximum absolute atomic E-state index is 12.2. The van der Waals surface area contributed by atoms with Crippen molar-refractivity contribution in [3.05, 3.63) is 0 Å². The van der Waals surface area contributed by atoms with Gasteiger partial charge in [0.2, 0.25) is 5.91 Å². The Labute approximate surface area is 115 Å². The van der Waals surface area contributed by atoms with E-state index in [1.165, 1.54) is 0 Å². The highest BCUT2D eigenvalue weighted by Crippen LogP contribution is 2.11. The molecule has 0 fully saturated rings. The Morgan fingerprint density at radius 3 is 2.16 bits per heavy atom. The van der Waals surface area contributed by atoms with Gasteiger partial charge in [-0.15, -0.1) is 0 Å². The largest absolute Gasteiger partial charge is 0.396 e. The molecule has 3 amide bonds. The number of urea groups is 1. The fourth-order valence-electron chi connectivity index (χ4n) is 1.84. The smallest absolute Gasteiger partial charge is 0.312 e. The summed E-state index contributed by atoms with van der Waals surface area (Å²) < 4.78 is 0. The van der Waals surface area contributed by atoms with Crippen molar-refractivity contribution in [2.24, 2.45) is 17.6 Å². The van der Waals surface area contributed by atoms with Crippen LogP contribution in [0.15, 0.2) is 0 Å². The Balaban J connectivity index is 4.73. The molecular formula is C13H27N3O3. The molecule has 0 aromatic carbocycles. The normalized spacial score (nSPS) is 15.7. The van der Waals surface area contributed by atoms with E-state index in [0.29, 0.717) is 6.42 Å². The van der Waals surface area contributed by atoms with Gasteiger partial charge in [0.05, 0.1) is 0 Å². The molecule has 6 heteroatoms. The lowest BCUT2D eigenvalue weighted by Crippen LogP contribution is -2.54. The van der Waals surface area contributed by atoms with Crippen LogP contribution in [-0.2, 0) is 4.79 Å². The maximum atomic E-state index is 12.2. The summed E-state index contributed by atoms with van der Waals surface area (Å²) in [6.45, 7) is 7.79. The van der Waals surface area contributed by atoms with E-state index in [1.54, 1.807) is 0 Å². The summed E-state index contributed by atoms with van der Waals surface area (Å²) in [5.74, 6) is -0.0444. The van der Waals surface area contributed by atoms with Gasteiger partial charge in [0.25, 0.3) is 0 Å². The Kier molecular flexibility index (Phi) is 8.14. The molecule has 112 valence electrons. The average molecular weight is 273 g/mol. The van der Waals surface area contributed by atoms with Gasteiger partial charge >= 0.3 is 6.03 Å². The Hall–Kier alpha value is -1.30. The first kappa shape index (κ1) is 17.7. The standard InChI is InChI=1S/C13H27N3O3/c1-5-9(4)11(16-13(14)19)12(18)15-10(6-7-17)8(2)3/h8-11,17H,5-7H2,1-4H3,(H,15,18)(H3,14,16,19). The van der Waals surface area contributed by atoms with Crippen molar-refractivity contribution >= 4 is 11.9 Å². The number of hydrogen-bond acceptors (Lipinski definition) is 3. The first-order chi connectivity index (χ1) is 8.83. The van der Waals surface area contributed by atoms with Crippen molar-refractivity contribution in [1.82, 2.24) is 10.6 Å². The molecule has 0 aliphatic rings. The molecule has 19 heavy (non-hydrogen) atoms. The molecule has 0 aliphatic carbocycles. The fraction of sp³-hybridized carbons (Fsp3) is 0.846. The predicted molar refractivity (Wildman–Crippen MR) is 74.4 cm³/mol. The molecule has 3 unspecified atom stereocenters. The van der Waals surface area contributed by atoms with Crippen LogP contribution in [0.3, 0.4) is 0 Å². The minimum absolute atomic E-state index is 0.00515. The molecule has 0 saturated heterocycles. The van der Waals surface area contributed by atoms with E-state index in [-0.39, 0.29) is 30.4 Å². The van der Waals surface area contributed by atoms with Crippen molar-refractivity contribution in [2.45, 2.75) is 52.6 Å². The molecule has 0 radical (unpaired) electrons. The van der Waals surface area contributed by atoms with Gasteiger partial charge in [0.15, 0.2) is 0 Å². The van der Waals surface area contributed by atoms with Crippen LogP contribution in [0.5, 0.6) is 0 Å². The zero-order chi connectivity index (χ0) is 15.0. The van der Waals surface area contributed by atoms with Gasteiger partial charge in [0.1, 0.15) is 6.04 Å². The third kappa shape index (κ3) is 6.42. The van der Waals surface area contributed by atoms with Gasteiger partial charge in [-0.3, -0.25) is 4.79 Å². The van der Waals surface area contributed by atoms with Gasteiger partial charge in [-0.05, 0) is 18.3 Å². The van der Waals surface area contributed by atoms with E-state index in [2.05, 4.69) is 10.6 Å². The molecule has 0 aromatic heterocycles. The minimum Gasteiger partial charge on any atom is -0.396 e. The van der Waals surface area contributed by atoms with Crippen LogP contribution >= 0.6 is 0 Å². The highest BCUT2D eigenvalue weighted by atomic mass is 16.3. The maximum Gasteiger partial charge on any atom is 0.312 e. The second kappa shape index (κ2) is 8.74. The Morgan fingerprint density at radius 2 is 1.79 bits per heavy atom. The van der Waals surface area contributed by atoms with Crippen LogP contribution in [0.25, 0.3) is 0 Å². The SMILES string of the molecule is CCC(C)C(NC(N)=O)C(=O)NC(CCO)C(C)C. The monoisotopic (exact) mass is 273 g/mol. The molecule has 0 heterocycles. The highest BCUT2D eigenvalue weighted by Gasteiger charge is 2.27. The zero-order valence-electron chi connectivity index (χ0n) is 12.3. The number of aliphatic hydroxyl groups is 1. The summed E-state index contributed by atoms with van der Waals surface area (Å²) in [7, 11) is 0. The first-order valence-corrected chi connectivity index (χ1v) is 6.80. The number of rotatable bonds is 8. The molecule has 3 atom stereocenters. The number of hydrogen-bond donors (Lipinski definition) is 4. The van der Waals surface area contributed by atoms with Gasteiger partial charge in [0, 0.05) is 12.6 Å². The van der Waals surface area contributed by atoms with Gasteiger partial charge < -0.3 is 21.5 Å². The minimum atomic E-state index is -0.705. The van der Waals surface area contributed by atoms with Crippen LogP contribution in [0.1, 0.15) is 40.5 Å². The summed E-state index contributed by atoms with van der Waals surface area (Å²) in [4.78, 5) is 23.2. The number of nitrogens with one attached hydrogen (secondary N) is 2. The Bertz CT molecular complexity index is 295. The summed E-state index contributed by atoms with van der Waals surface area (Å²) in [6, 6.07) is -1.45. The van der Waals surface area contributed by atoms with Crippen LogP contribution in [-0.4, -0.2) is 35.7 Å². The predicted octanol–water partition coefficient (Wildman–Crippen LogP) is 0.593. The number of carbonyl (C=O) groups excluding carboxylic acids is 2. The second-order valence-corrected chi connectivity index (χ2v) is 5.24. The topological polar surface area (TPSA) is 104 Å². The molecule has 0 aliphatic heterocycles. The van der Waals surface area contributed by atoms with Crippen molar-refractivity contribution in [3.63, 3.8) is 0 Å². The molecule has 0 rings (SSSR count). The molecule has 6 nitrogen and oxygen atoms in total. The van der Waals surface area contributed by atoms with Crippen LogP contribution in [0, 0.1) is 11.8 Å². The molecule has 5 N–H and O–H groups in total. The number of carbonyl (C=O) groups is 2. The molecule has 0 saturated carbocycles. The van der Waals surface area contributed by atoms with Gasteiger partial charge in [-0.25, -0.2) is 4.79 Å². The summed E-state index contributed by atoms with van der Waals surface area (Å²) in [6.07, 6.45) is 1.25. The molecule has 0 bridgehead atoms. The van der Waals surface area contributed by atoms with Crippen molar-refractivity contribution in [3.8, 4) is 0 Å². The van der Waals surface area contributed by atoms with Crippen LogP contribution < -0.4 is 16.4 Å². The van der Waals surface area contributed by atoms with Crippen molar-refractivity contribution in [2.75, 3.05) is 6.61 Å². The molecule has 0 spiro atoms. The Morgan fingerprint density at radius 1 is 1.21 bits per heavy atom. The van der Waals surface area contributed by atoms with E-state index >= 15 is 0 Å².